The van der Waals surface area contributed by atoms with Crippen molar-refractivity contribution in [1.29, 1.82) is 0 Å². The van der Waals surface area contributed by atoms with E-state index in [2.05, 4.69) is 15.2 Å². The molecule has 0 unspecified atom stereocenters. The summed E-state index contributed by atoms with van der Waals surface area (Å²) in [5.74, 6) is -2.35. The molecule has 5 N–H and O–H groups in total. The minimum Gasteiger partial charge on any atom is -0.330 e. The zero-order valence-corrected chi connectivity index (χ0v) is 24.0. The summed E-state index contributed by atoms with van der Waals surface area (Å²) in [6.45, 7) is 1.05. The second-order valence-electron chi connectivity index (χ2n) is 9.96. The van der Waals surface area contributed by atoms with E-state index in [1.807, 2.05) is 4.72 Å². The van der Waals surface area contributed by atoms with Crippen LogP contribution in [0.25, 0.3) is 38.4 Å². The van der Waals surface area contributed by atoms with Crippen molar-refractivity contribution in [2.24, 2.45) is 5.73 Å². The molecule has 0 aliphatic heterocycles. The molecule has 43 heavy (non-hydrogen) atoms. The van der Waals surface area contributed by atoms with Crippen LogP contribution < -0.4 is 21.7 Å². The quantitative estimate of drug-likeness (QED) is 0.211. The standard InChI is InChI=1S/C28H23ClFN7O5S/c1-14-8-18-23(11-20(14)30)36(13-16-9-15-12-32-34-22(15)10-19(16)29)25(26(38)35-43(41,42)7-6-31)24(18)37-27(39)17-4-2-3-5-21(17)33-28(37)40/h2-5,8-12H,6-7,13,31H2,1H3,(H,32,34)(H,33,40)(H,35,38). The van der Waals surface area contributed by atoms with E-state index in [1.165, 1.54) is 23.6 Å². The number of nitrogens with two attached hydrogens (primary N) is 1. The first-order valence-electron chi connectivity index (χ1n) is 12.9. The van der Waals surface area contributed by atoms with Crippen LogP contribution in [-0.2, 0) is 16.6 Å². The summed E-state index contributed by atoms with van der Waals surface area (Å²) in [6.07, 6.45) is 1.57. The third kappa shape index (κ3) is 4.88. The van der Waals surface area contributed by atoms with Crippen molar-refractivity contribution in [1.82, 2.24) is 29.0 Å². The van der Waals surface area contributed by atoms with Gasteiger partial charge in [0.25, 0.3) is 11.5 Å². The highest BCUT2D eigenvalue weighted by molar-refractivity contribution is 7.90. The van der Waals surface area contributed by atoms with E-state index in [0.717, 1.165) is 10.6 Å². The van der Waals surface area contributed by atoms with Crippen LogP contribution in [0.5, 0.6) is 0 Å². The minimum atomic E-state index is -4.23. The number of amides is 1. The lowest BCUT2D eigenvalue weighted by Gasteiger charge is -2.14. The Morgan fingerprint density at radius 3 is 2.65 bits per heavy atom. The molecule has 0 saturated carbocycles. The molecule has 0 fully saturated rings. The van der Waals surface area contributed by atoms with Crippen molar-refractivity contribution in [3.05, 3.63) is 103 Å². The van der Waals surface area contributed by atoms with Crippen LogP contribution in [0.3, 0.4) is 0 Å². The first kappa shape index (κ1) is 28.3. The SMILES string of the molecule is Cc1cc2c(-n3c(=O)[nH]c4ccccc4c3=O)c(C(=O)NS(=O)(=O)CCN)n(Cc3cc4cn[nH]c4cc3Cl)c2cc1F. The molecule has 0 spiro atoms. The van der Waals surface area contributed by atoms with E-state index in [4.69, 9.17) is 17.3 Å². The first-order chi connectivity index (χ1) is 20.5. The number of benzene rings is 3. The topological polar surface area (TPSA) is 178 Å². The molecule has 3 aromatic carbocycles. The molecule has 6 rings (SSSR count). The third-order valence-electron chi connectivity index (χ3n) is 7.13. The van der Waals surface area contributed by atoms with E-state index in [9.17, 15) is 22.8 Å². The lowest BCUT2D eigenvalue weighted by molar-refractivity contribution is 0.0973. The number of fused-ring (bicyclic) bond motifs is 3. The van der Waals surface area contributed by atoms with Crippen LogP contribution in [0.4, 0.5) is 4.39 Å². The Kier molecular flexibility index (Phi) is 6.91. The smallest absolute Gasteiger partial charge is 0.330 e. The Morgan fingerprint density at radius 2 is 1.88 bits per heavy atom. The Balaban J connectivity index is 1.73. The van der Waals surface area contributed by atoms with Crippen LogP contribution in [0.1, 0.15) is 21.6 Å². The molecule has 0 bridgehead atoms. The molecule has 0 saturated heterocycles. The van der Waals surface area contributed by atoms with Gasteiger partial charge < -0.3 is 15.3 Å². The highest BCUT2D eigenvalue weighted by Crippen LogP contribution is 2.33. The second kappa shape index (κ2) is 10.5. The fourth-order valence-corrected chi connectivity index (χ4v) is 6.16. The van der Waals surface area contributed by atoms with Gasteiger partial charge in [0.2, 0.25) is 10.0 Å². The normalized spacial score (nSPS) is 12.0. The van der Waals surface area contributed by atoms with Crippen molar-refractivity contribution in [2.45, 2.75) is 13.5 Å². The molecule has 15 heteroatoms. The van der Waals surface area contributed by atoms with Crippen molar-refractivity contribution < 1.29 is 17.6 Å². The summed E-state index contributed by atoms with van der Waals surface area (Å²) in [7, 11) is -4.23. The number of sulfonamides is 1. The highest BCUT2D eigenvalue weighted by Gasteiger charge is 2.30. The summed E-state index contributed by atoms with van der Waals surface area (Å²) in [6, 6.07) is 12.2. The van der Waals surface area contributed by atoms with Crippen LogP contribution in [0, 0.1) is 12.7 Å². The van der Waals surface area contributed by atoms with Gasteiger partial charge in [0.05, 0.1) is 39.6 Å². The highest BCUT2D eigenvalue weighted by atomic mass is 35.5. The Labute approximate surface area is 246 Å². The van der Waals surface area contributed by atoms with Gasteiger partial charge in [-0.2, -0.15) is 5.10 Å². The average molecular weight is 624 g/mol. The van der Waals surface area contributed by atoms with Gasteiger partial charge in [0, 0.05) is 28.9 Å². The molecule has 6 aromatic rings. The van der Waals surface area contributed by atoms with E-state index in [-0.39, 0.29) is 56.9 Å². The summed E-state index contributed by atoms with van der Waals surface area (Å²) in [5.41, 5.74) is 4.82. The number of carbonyl (C=O) groups is 1. The lowest BCUT2D eigenvalue weighted by atomic mass is 10.1. The summed E-state index contributed by atoms with van der Waals surface area (Å²) in [4.78, 5) is 43.8. The molecule has 0 radical (unpaired) electrons. The van der Waals surface area contributed by atoms with Crippen LogP contribution in [-0.4, -0.2) is 50.9 Å². The molecular weight excluding hydrogens is 601 g/mol. The van der Waals surface area contributed by atoms with E-state index < -0.39 is 38.7 Å². The number of para-hydroxylation sites is 1. The molecule has 0 aliphatic carbocycles. The number of hydrogen-bond acceptors (Lipinski definition) is 7. The van der Waals surface area contributed by atoms with Gasteiger partial charge in [-0.15, -0.1) is 0 Å². The number of nitrogens with one attached hydrogen (secondary N) is 3. The predicted octanol–water partition coefficient (Wildman–Crippen LogP) is 2.68. The van der Waals surface area contributed by atoms with Crippen LogP contribution in [0.15, 0.2) is 64.3 Å². The van der Waals surface area contributed by atoms with Crippen molar-refractivity contribution in [3.8, 4) is 5.69 Å². The molecule has 3 aromatic heterocycles. The van der Waals surface area contributed by atoms with Gasteiger partial charge in [0.15, 0.2) is 0 Å². The molecule has 12 nitrogen and oxygen atoms in total. The zero-order valence-electron chi connectivity index (χ0n) is 22.4. The van der Waals surface area contributed by atoms with E-state index >= 15 is 4.39 Å². The van der Waals surface area contributed by atoms with Crippen LogP contribution >= 0.6 is 11.6 Å². The van der Waals surface area contributed by atoms with E-state index in [0.29, 0.717) is 16.5 Å². The van der Waals surface area contributed by atoms with Crippen molar-refractivity contribution >= 4 is 60.2 Å². The number of aromatic amines is 2. The minimum absolute atomic E-state index is 0.113. The van der Waals surface area contributed by atoms with Gasteiger partial charge in [-0.05, 0) is 54.4 Å². The number of nitrogens with zero attached hydrogens (tertiary/aromatic N) is 3. The molecule has 0 atom stereocenters. The van der Waals surface area contributed by atoms with Gasteiger partial charge in [-0.1, -0.05) is 23.7 Å². The van der Waals surface area contributed by atoms with Gasteiger partial charge in [-0.3, -0.25) is 14.7 Å². The number of carbonyl (C=O) groups excluding carboxylic acids is 1. The monoisotopic (exact) mass is 623 g/mol. The maximum atomic E-state index is 15.1. The molecule has 1 amide bonds. The molecule has 220 valence electrons. The number of aryl methyl sites for hydroxylation is 1. The molecule has 3 heterocycles. The zero-order chi connectivity index (χ0) is 30.6. The summed E-state index contributed by atoms with van der Waals surface area (Å²) < 4.78 is 44.5. The lowest BCUT2D eigenvalue weighted by Crippen LogP contribution is -2.39. The number of aromatic nitrogens is 5. The molecule has 0 aliphatic rings. The van der Waals surface area contributed by atoms with Gasteiger partial charge >= 0.3 is 5.69 Å². The first-order valence-corrected chi connectivity index (χ1v) is 14.9. The van der Waals surface area contributed by atoms with Crippen LogP contribution in [0.2, 0.25) is 5.02 Å². The fraction of sp³-hybridized carbons (Fsp3) is 0.143. The predicted molar refractivity (Wildman–Crippen MR) is 161 cm³/mol. The number of rotatable bonds is 7. The Morgan fingerprint density at radius 1 is 1.12 bits per heavy atom. The Hall–Kier alpha value is -4.79. The maximum absolute atomic E-state index is 15.1. The van der Waals surface area contributed by atoms with Gasteiger partial charge in [-0.25, -0.2) is 26.9 Å². The van der Waals surface area contributed by atoms with Crippen molar-refractivity contribution in [2.75, 3.05) is 12.3 Å². The largest absolute Gasteiger partial charge is 0.333 e. The number of H-pyrrole nitrogens is 2. The van der Waals surface area contributed by atoms with E-state index in [1.54, 1.807) is 36.5 Å². The fourth-order valence-electron chi connectivity index (χ4n) is 5.15. The second-order valence-corrected chi connectivity index (χ2v) is 12.2. The summed E-state index contributed by atoms with van der Waals surface area (Å²) in [5, 5.41) is 8.06. The molecular formula is C28H23ClFN7O5S. The summed E-state index contributed by atoms with van der Waals surface area (Å²) >= 11 is 6.58. The number of halogens is 2. The van der Waals surface area contributed by atoms with Crippen molar-refractivity contribution in [3.63, 3.8) is 0 Å². The number of hydrogen-bond donors (Lipinski definition) is 4. The average Bonchev–Trinajstić information content (AvgIpc) is 3.51. The third-order valence-corrected chi connectivity index (χ3v) is 8.75. The Bertz CT molecular complexity index is 2340. The maximum Gasteiger partial charge on any atom is 0.333 e. The van der Waals surface area contributed by atoms with Gasteiger partial charge in [0.1, 0.15) is 11.5 Å².